The van der Waals surface area contributed by atoms with Gasteiger partial charge >= 0.3 is 0 Å². The fourth-order valence-corrected chi connectivity index (χ4v) is 4.11. The van der Waals surface area contributed by atoms with E-state index in [0.29, 0.717) is 24.7 Å². The van der Waals surface area contributed by atoms with E-state index in [1.54, 1.807) is 6.20 Å². The number of ether oxygens (including phenoxy) is 2. The van der Waals surface area contributed by atoms with Crippen molar-refractivity contribution in [1.82, 2.24) is 19.7 Å². The molecular weight excluding hydrogens is 316 g/mol. The molecule has 0 aromatic carbocycles. The molecule has 3 atom stereocenters. The Labute approximate surface area is 148 Å². The lowest BCUT2D eigenvalue weighted by atomic mass is 10.0. The third-order valence-electron chi connectivity index (χ3n) is 5.30. The number of rotatable bonds is 6. The summed E-state index contributed by atoms with van der Waals surface area (Å²) in [4.78, 5) is 6.70. The van der Waals surface area contributed by atoms with Crippen molar-refractivity contribution in [3.05, 3.63) is 48.0 Å². The molecule has 0 bridgehead atoms. The first-order valence-electron chi connectivity index (χ1n) is 9.09. The molecule has 2 aromatic heterocycles. The fourth-order valence-electron chi connectivity index (χ4n) is 4.11. The first-order valence-corrected chi connectivity index (χ1v) is 9.09. The lowest BCUT2D eigenvalue weighted by Crippen LogP contribution is -2.50. The van der Waals surface area contributed by atoms with Gasteiger partial charge in [0.1, 0.15) is 0 Å². The Hall–Kier alpha value is -1.76. The van der Waals surface area contributed by atoms with E-state index in [1.165, 1.54) is 18.4 Å². The molecule has 3 heterocycles. The van der Waals surface area contributed by atoms with Crippen molar-refractivity contribution < 1.29 is 9.47 Å². The highest BCUT2D eigenvalue weighted by Gasteiger charge is 2.42. The first-order chi connectivity index (χ1) is 12.3. The lowest BCUT2D eigenvalue weighted by Gasteiger charge is -2.39. The predicted octanol–water partition coefficient (Wildman–Crippen LogP) is 2.01. The molecule has 4 rings (SSSR count). The quantitative estimate of drug-likeness (QED) is 0.804. The van der Waals surface area contributed by atoms with Crippen LogP contribution in [0.1, 0.15) is 24.0 Å². The monoisotopic (exact) mass is 342 g/mol. The third kappa shape index (κ3) is 3.92. The second kappa shape index (κ2) is 7.64. The Balaban J connectivity index is 1.31. The summed E-state index contributed by atoms with van der Waals surface area (Å²) in [7, 11) is 1.97. The summed E-state index contributed by atoms with van der Waals surface area (Å²) >= 11 is 0. The van der Waals surface area contributed by atoms with E-state index in [2.05, 4.69) is 27.2 Å². The van der Waals surface area contributed by atoms with Gasteiger partial charge in [0, 0.05) is 56.3 Å². The Kier molecular flexibility index (Phi) is 5.10. The molecule has 2 aromatic rings. The zero-order chi connectivity index (χ0) is 17.1. The summed E-state index contributed by atoms with van der Waals surface area (Å²) in [5.41, 5.74) is 2.40. The molecule has 2 aliphatic rings. The van der Waals surface area contributed by atoms with Gasteiger partial charge in [0.15, 0.2) is 0 Å². The molecule has 0 radical (unpaired) electrons. The van der Waals surface area contributed by atoms with Crippen LogP contribution in [-0.4, -0.2) is 51.6 Å². The Morgan fingerprint density at radius 1 is 1.28 bits per heavy atom. The molecule has 6 heteroatoms. The minimum atomic E-state index is 0.291. The molecule has 2 fully saturated rings. The Bertz CT molecular complexity index is 675. The molecule has 134 valence electrons. The molecule has 1 saturated carbocycles. The van der Waals surface area contributed by atoms with Crippen LogP contribution in [0.15, 0.2) is 36.9 Å². The number of pyridine rings is 1. The normalized spacial score (nSPS) is 26.7. The van der Waals surface area contributed by atoms with Gasteiger partial charge in [0.2, 0.25) is 0 Å². The van der Waals surface area contributed by atoms with Crippen LogP contribution < -0.4 is 0 Å². The molecule has 0 amide bonds. The van der Waals surface area contributed by atoms with Crippen molar-refractivity contribution in [2.24, 2.45) is 13.0 Å². The van der Waals surface area contributed by atoms with Gasteiger partial charge in [-0.2, -0.15) is 5.10 Å². The first kappa shape index (κ1) is 16.7. The van der Waals surface area contributed by atoms with Crippen molar-refractivity contribution >= 4 is 0 Å². The summed E-state index contributed by atoms with van der Waals surface area (Å²) in [6.45, 7) is 4.15. The summed E-state index contributed by atoms with van der Waals surface area (Å²) in [5.74, 6) is 0.485. The van der Waals surface area contributed by atoms with E-state index in [0.717, 1.165) is 31.9 Å². The van der Waals surface area contributed by atoms with Crippen molar-refractivity contribution in [3.63, 3.8) is 0 Å². The molecule has 25 heavy (non-hydrogen) atoms. The number of aromatic nitrogens is 3. The SMILES string of the molecule is Cn1cc(CN2CCOC3C(COCc4cccnc4)CCC32)cn1. The largest absolute Gasteiger partial charge is 0.376 e. The van der Waals surface area contributed by atoms with Gasteiger partial charge in [-0.15, -0.1) is 0 Å². The minimum Gasteiger partial charge on any atom is -0.376 e. The highest BCUT2D eigenvalue weighted by atomic mass is 16.5. The van der Waals surface area contributed by atoms with E-state index >= 15 is 0 Å². The van der Waals surface area contributed by atoms with Crippen LogP contribution in [0.2, 0.25) is 0 Å². The van der Waals surface area contributed by atoms with E-state index in [-0.39, 0.29) is 0 Å². The van der Waals surface area contributed by atoms with E-state index in [9.17, 15) is 0 Å². The molecule has 1 aliphatic carbocycles. The second-order valence-corrected chi connectivity index (χ2v) is 7.11. The summed E-state index contributed by atoms with van der Waals surface area (Å²) in [5, 5.41) is 4.29. The molecule has 1 saturated heterocycles. The fraction of sp³-hybridized carbons (Fsp3) is 0.579. The highest BCUT2D eigenvalue weighted by molar-refractivity contribution is 5.07. The van der Waals surface area contributed by atoms with Crippen LogP contribution in [-0.2, 0) is 29.7 Å². The van der Waals surface area contributed by atoms with Crippen LogP contribution in [0.3, 0.4) is 0 Å². The summed E-state index contributed by atoms with van der Waals surface area (Å²) in [6.07, 6.45) is 10.4. The van der Waals surface area contributed by atoms with E-state index < -0.39 is 0 Å². The standard InChI is InChI=1S/C19H26N4O2/c1-22-11-16(10-21-22)12-23-7-8-25-19-17(4-5-18(19)23)14-24-13-15-3-2-6-20-9-15/h2-3,6,9-11,17-19H,4-5,7-8,12-14H2,1H3. The molecule has 0 spiro atoms. The topological polar surface area (TPSA) is 52.4 Å². The van der Waals surface area contributed by atoms with Crippen LogP contribution in [0.25, 0.3) is 0 Å². The molecule has 3 unspecified atom stereocenters. The zero-order valence-electron chi connectivity index (χ0n) is 14.8. The van der Waals surface area contributed by atoms with Gasteiger partial charge in [-0.25, -0.2) is 0 Å². The van der Waals surface area contributed by atoms with Crippen LogP contribution in [0.4, 0.5) is 0 Å². The van der Waals surface area contributed by atoms with Gasteiger partial charge in [-0.3, -0.25) is 14.6 Å². The van der Waals surface area contributed by atoms with E-state index in [4.69, 9.17) is 9.47 Å². The summed E-state index contributed by atoms with van der Waals surface area (Å²) in [6, 6.07) is 4.50. The van der Waals surface area contributed by atoms with Gasteiger partial charge in [-0.1, -0.05) is 6.07 Å². The van der Waals surface area contributed by atoms with Crippen molar-refractivity contribution in [1.29, 1.82) is 0 Å². The maximum absolute atomic E-state index is 6.14. The Morgan fingerprint density at radius 2 is 2.24 bits per heavy atom. The van der Waals surface area contributed by atoms with Gasteiger partial charge in [0.05, 0.1) is 32.1 Å². The maximum Gasteiger partial charge on any atom is 0.0781 e. The predicted molar refractivity (Wildman–Crippen MR) is 93.8 cm³/mol. The number of aryl methyl sites for hydroxylation is 1. The van der Waals surface area contributed by atoms with Crippen LogP contribution in [0, 0.1) is 5.92 Å². The summed E-state index contributed by atoms with van der Waals surface area (Å²) < 4.78 is 14.0. The number of nitrogens with zero attached hydrogens (tertiary/aromatic N) is 4. The van der Waals surface area contributed by atoms with Crippen molar-refractivity contribution in [2.45, 2.75) is 38.1 Å². The average Bonchev–Trinajstić information content (AvgIpc) is 3.23. The number of morpholine rings is 1. The Morgan fingerprint density at radius 3 is 3.04 bits per heavy atom. The van der Waals surface area contributed by atoms with Crippen LogP contribution in [0.5, 0.6) is 0 Å². The second-order valence-electron chi connectivity index (χ2n) is 7.11. The molecule has 6 nitrogen and oxygen atoms in total. The van der Waals surface area contributed by atoms with Gasteiger partial charge in [-0.05, 0) is 24.5 Å². The highest BCUT2D eigenvalue weighted by Crippen LogP contribution is 2.35. The molecule has 0 N–H and O–H groups in total. The van der Waals surface area contributed by atoms with Gasteiger partial charge in [0.25, 0.3) is 0 Å². The van der Waals surface area contributed by atoms with Crippen molar-refractivity contribution in [3.8, 4) is 0 Å². The number of hydrogen-bond donors (Lipinski definition) is 0. The average molecular weight is 342 g/mol. The number of hydrogen-bond acceptors (Lipinski definition) is 5. The minimum absolute atomic E-state index is 0.291. The van der Waals surface area contributed by atoms with Crippen molar-refractivity contribution in [2.75, 3.05) is 19.8 Å². The van der Waals surface area contributed by atoms with Crippen LogP contribution >= 0.6 is 0 Å². The molecule has 1 aliphatic heterocycles. The smallest absolute Gasteiger partial charge is 0.0781 e. The van der Waals surface area contributed by atoms with E-state index in [1.807, 2.05) is 30.2 Å². The molecular formula is C19H26N4O2. The third-order valence-corrected chi connectivity index (χ3v) is 5.30. The lowest BCUT2D eigenvalue weighted by molar-refractivity contribution is -0.0891. The van der Waals surface area contributed by atoms with Gasteiger partial charge < -0.3 is 9.47 Å². The number of fused-ring (bicyclic) bond motifs is 1. The maximum atomic E-state index is 6.14. The zero-order valence-corrected chi connectivity index (χ0v) is 14.8.